The van der Waals surface area contributed by atoms with Crippen molar-refractivity contribution in [3.8, 4) is 0 Å². The Morgan fingerprint density at radius 1 is 1.60 bits per heavy atom. The van der Waals surface area contributed by atoms with Crippen molar-refractivity contribution in [1.82, 2.24) is 10.3 Å². The van der Waals surface area contributed by atoms with Crippen molar-refractivity contribution in [2.24, 2.45) is 5.92 Å². The third-order valence-electron chi connectivity index (χ3n) is 3.02. The second kappa shape index (κ2) is 5.12. The van der Waals surface area contributed by atoms with Crippen LogP contribution in [0.1, 0.15) is 12.8 Å². The molecule has 0 aromatic carbocycles. The van der Waals surface area contributed by atoms with Crippen molar-refractivity contribution in [3.63, 3.8) is 0 Å². The summed E-state index contributed by atoms with van der Waals surface area (Å²) in [6.45, 7) is 3.47. The molecule has 3 heteroatoms. The Bertz CT molecular complexity index is 280. The van der Waals surface area contributed by atoms with Crippen molar-refractivity contribution < 1.29 is 0 Å². The predicted molar refractivity (Wildman–Crippen MR) is 63.1 cm³/mol. The molecule has 1 aromatic rings. The fraction of sp³-hybridized carbons (Fsp3) is 0.583. The van der Waals surface area contributed by atoms with Gasteiger partial charge in [-0.25, -0.2) is 0 Å². The number of nitrogens with one attached hydrogen (secondary N) is 1. The number of hydrogen-bond donors (Lipinski definition) is 1. The minimum atomic E-state index is 0.781. The molecule has 1 atom stereocenters. The van der Waals surface area contributed by atoms with E-state index in [2.05, 4.69) is 28.3 Å². The fourth-order valence-electron chi connectivity index (χ4n) is 2.15. The highest BCUT2D eigenvalue weighted by molar-refractivity contribution is 5.42. The highest BCUT2D eigenvalue weighted by atomic mass is 15.1. The minimum absolute atomic E-state index is 0.781. The van der Waals surface area contributed by atoms with E-state index in [1.54, 1.807) is 0 Å². The molecule has 0 bridgehead atoms. The first-order valence-corrected chi connectivity index (χ1v) is 5.68. The lowest BCUT2D eigenvalue weighted by Crippen LogP contribution is -2.36. The Kier molecular flexibility index (Phi) is 3.56. The highest BCUT2D eigenvalue weighted by Crippen LogP contribution is 2.15. The van der Waals surface area contributed by atoms with Crippen LogP contribution in [0.25, 0.3) is 0 Å². The van der Waals surface area contributed by atoms with Crippen molar-refractivity contribution in [2.45, 2.75) is 12.8 Å². The molecule has 0 saturated carbocycles. The number of hydrogen-bond acceptors (Lipinski definition) is 3. The molecular weight excluding hydrogens is 186 g/mol. The van der Waals surface area contributed by atoms with Crippen molar-refractivity contribution >= 4 is 5.69 Å². The molecule has 1 aromatic heterocycles. The summed E-state index contributed by atoms with van der Waals surface area (Å²) in [4.78, 5) is 6.44. The lowest BCUT2D eigenvalue weighted by Gasteiger charge is -2.28. The first-order chi connectivity index (χ1) is 7.36. The van der Waals surface area contributed by atoms with Gasteiger partial charge in [-0.05, 0) is 44.0 Å². The second-order valence-corrected chi connectivity index (χ2v) is 4.30. The monoisotopic (exact) mass is 205 g/mol. The summed E-state index contributed by atoms with van der Waals surface area (Å²) in [5.41, 5.74) is 1.21. The van der Waals surface area contributed by atoms with E-state index in [0.29, 0.717) is 0 Å². The van der Waals surface area contributed by atoms with Gasteiger partial charge in [0, 0.05) is 19.8 Å². The smallest absolute Gasteiger partial charge is 0.0550 e. The summed E-state index contributed by atoms with van der Waals surface area (Å²) in [7, 11) is 2.14. The van der Waals surface area contributed by atoms with Gasteiger partial charge in [0.25, 0.3) is 0 Å². The van der Waals surface area contributed by atoms with Crippen LogP contribution in [0.3, 0.4) is 0 Å². The Balaban J connectivity index is 1.88. The van der Waals surface area contributed by atoms with E-state index in [4.69, 9.17) is 0 Å². The topological polar surface area (TPSA) is 28.2 Å². The Morgan fingerprint density at radius 3 is 3.20 bits per heavy atom. The first-order valence-electron chi connectivity index (χ1n) is 5.68. The van der Waals surface area contributed by atoms with Crippen LogP contribution in [0.5, 0.6) is 0 Å². The summed E-state index contributed by atoms with van der Waals surface area (Å²) in [6.07, 6.45) is 6.40. The van der Waals surface area contributed by atoms with Crippen LogP contribution in [0.4, 0.5) is 5.69 Å². The molecule has 15 heavy (non-hydrogen) atoms. The van der Waals surface area contributed by atoms with Gasteiger partial charge >= 0.3 is 0 Å². The Labute approximate surface area is 91.5 Å². The van der Waals surface area contributed by atoms with Gasteiger partial charge in [0.05, 0.1) is 11.9 Å². The summed E-state index contributed by atoms with van der Waals surface area (Å²) >= 11 is 0. The predicted octanol–water partition coefficient (Wildman–Crippen LogP) is 1.52. The van der Waals surface area contributed by atoms with Crippen LogP contribution in [0.2, 0.25) is 0 Å². The highest BCUT2D eigenvalue weighted by Gasteiger charge is 2.14. The van der Waals surface area contributed by atoms with E-state index < -0.39 is 0 Å². The number of pyridine rings is 1. The molecular formula is C12H19N3. The van der Waals surface area contributed by atoms with Crippen LogP contribution in [-0.2, 0) is 0 Å². The van der Waals surface area contributed by atoms with Crippen LogP contribution >= 0.6 is 0 Å². The van der Waals surface area contributed by atoms with E-state index in [1.165, 1.54) is 25.1 Å². The second-order valence-electron chi connectivity index (χ2n) is 4.30. The normalized spacial score (nSPS) is 21.3. The molecule has 1 aliphatic rings. The van der Waals surface area contributed by atoms with E-state index in [-0.39, 0.29) is 0 Å². The molecule has 1 aliphatic heterocycles. The van der Waals surface area contributed by atoms with Gasteiger partial charge in [-0.15, -0.1) is 0 Å². The average molecular weight is 205 g/mol. The van der Waals surface area contributed by atoms with Crippen LogP contribution in [-0.4, -0.2) is 31.7 Å². The lowest BCUT2D eigenvalue weighted by atomic mass is 9.99. The van der Waals surface area contributed by atoms with Gasteiger partial charge in [-0.2, -0.15) is 0 Å². The van der Waals surface area contributed by atoms with E-state index >= 15 is 0 Å². The molecule has 1 fully saturated rings. The molecule has 1 N–H and O–H groups in total. The van der Waals surface area contributed by atoms with Crippen molar-refractivity contribution in [2.75, 3.05) is 31.6 Å². The largest absolute Gasteiger partial charge is 0.373 e. The van der Waals surface area contributed by atoms with E-state index in [0.717, 1.165) is 19.0 Å². The van der Waals surface area contributed by atoms with Gasteiger partial charge in [0.2, 0.25) is 0 Å². The average Bonchev–Trinajstić information content (AvgIpc) is 2.31. The number of anilines is 1. The van der Waals surface area contributed by atoms with Gasteiger partial charge in [-0.1, -0.05) is 0 Å². The maximum atomic E-state index is 4.14. The van der Waals surface area contributed by atoms with Gasteiger partial charge in [0.15, 0.2) is 0 Å². The van der Waals surface area contributed by atoms with Crippen molar-refractivity contribution in [1.29, 1.82) is 0 Å². The van der Waals surface area contributed by atoms with Crippen molar-refractivity contribution in [3.05, 3.63) is 24.5 Å². The molecule has 82 valence electrons. The molecule has 0 spiro atoms. The summed E-state index contributed by atoms with van der Waals surface area (Å²) in [6, 6.07) is 4.11. The number of aromatic nitrogens is 1. The number of rotatable bonds is 3. The standard InChI is InChI=1S/C12H19N3/c1-15(12-5-3-7-14-9-12)10-11-4-2-6-13-8-11/h3,5,7,9,11,13H,2,4,6,8,10H2,1H3. The van der Waals surface area contributed by atoms with Crippen LogP contribution < -0.4 is 10.2 Å². The molecule has 0 radical (unpaired) electrons. The first kappa shape index (κ1) is 10.4. The van der Waals surface area contributed by atoms with Crippen LogP contribution in [0.15, 0.2) is 24.5 Å². The number of piperidine rings is 1. The maximum absolute atomic E-state index is 4.14. The quantitative estimate of drug-likeness (QED) is 0.811. The van der Waals surface area contributed by atoms with Crippen LogP contribution in [0, 0.1) is 5.92 Å². The minimum Gasteiger partial charge on any atom is -0.373 e. The van der Waals surface area contributed by atoms with E-state index in [1.807, 2.05) is 18.5 Å². The zero-order valence-corrected chi connectivity index (χ0v) is 9.32. The lowest BCUT2D eigenvalue weighted by molar-refractivity contribution is 0.381. The molecule has 1 saturated heterocycles. The Hall–Kier alpha value is -1.09. The summed E-state index contributed by atoms with van der Waals surface area (Å²) in [5, 5.41) is 3.45. The molecule has 3 nitrogen and oxygen atoms in total. The van der Waals surface area contributed by atoms with E-state index in [9.17, 15) is 0 Å². The molecule has 0 amide bonds. The summed E-state index contributed by atoms with van der Waals surface area (Å²) in [5.74, 6) is 0.781. The molecule has 2 rings (SSSR count). The molecule has 0 aliphatic carbocycles. The fourth-order valence-corrected chi connectivity index (χ4v) is 2.15. The zero-order chi connectivity index (χ0) is 10.5. The Morgan fingerprint density at radius 2 is 2.53 bits per heavy atom. The van der Waals surface area contributed by atoms with Gasteiger partial charge < -0.3 is 10.2 Å². The number of nitrogens with zero attached hydrogens (tertiary/aromatic N) is 2. The third-order valence-corrected chi connectivity index (χ3v) is 3.02. The zero-order valence-electron chi connectivity index (χ0n) is 9.32. The molecule has 2 heterocycles. The molecule has 1 unspecified atom stereocenters. The summed E-state index contributed by atoms with van der Waals surface area (Å²) < 4.78 is 0. The van der Waals surface area contributed by atoms with Gasteiger partial charge in [0.1, 0.15) is 0 Å². The maximum Gasteiger partial charge on any atom is 0.0550 e. The van der Waals surface area contributed by atoms with Gasteiger partial charge in [-0.3, -0.25) is 4.98 Å². The SMILES string of the molecule is CN(CC1CCCNC1)c1cccnc1. The third kappa shape index (κ3) is 2.93.